The molecule has 1 aromatic carbocycles. The van der Waals surface area contributed by atoms with Gasteiger partial charge in [-0.3, -0.25) is 4.98 Å². The molecule has 0 atom stereocenters. The van der Waals surface area contributed by atoms with Crippen LogP contribution in [-0.4, -0.2) is 20.9 Å². The Bertz CT molecular complexity index is 695. The molecular formula is C16H15N3OS. The van der Waals surface area contributed by atoms with Crippen molar-refractivity contribution >= 4 is 11.8 Å². The molecule has 0 aliphatic rings. The zero-order chi connectivity index (χ0) is 14.5. The van der Waals surface area contributed by atoms with Gasteiger partial charge in [-0.2, -0.15) is 0 Å². The summed E-state index contributed by atoms with van der Waals surface area (Å²) in [5.74, 6) is 1.43. The molecule has 4 nitrogen and oxygen atoms in total. The molecule has 21 heavy (non-hydrogen) atoms. The number of pyridine rings is 1. The molecule has 2 heterocycles. The highest BCUT2D eigenvalue weighted by atomic mass is 32.2. The van der Waals surface area contributed by atoms with Crippen LogP contribution in [-0.2, 0) is 6.42 Å². The first-order valence-electron chi connectivity index (χ1n) is 6.74. The van der Waals surface area contributed by atoms with Crippen molar-refractivity contribution in [3.8, 4) is 11.5 Å². The summed E-state index contributed by atoms with van der Waals surface area (Å²) >= 11 is 1.55. The first kappa shape index (κ1) is 13.8. The standard InChI is InChI=1S/C16H15N3OS/c1-12-5-7-13(8-6-12)15-18-19-16(20-15)21-11-9-14-4-2-3-10-17-14/h2-8,10H,9,11H2,1H3. The maximum atomic E-state index is 5.67. The monoisotopic (exact) mass is 297 g/mol. The summed E-state index contributed by atoms with van der Waals surface area (Å²) in [4.78, 5) is 4.29. The second-order valence-corrected chi connectivity index (χ2v) is 5.70. The Hall–Kier alpha value is -2.14. The van der Waals surface area contributed by atoms with Gasteiger partial charge >= 0.3 is 0 Å². The predicted molar refractivity (Wildman–Crippen MR) is 83.1 cm³/mol. The van der Waals surface area contributed by atoms with Crippen LogP contribution in [0.5, 0.6) is 0 Å². The zero-order valence-electron chi connectivity index (χ0n) is 11.7. The fourth-order valence-corrected chi connectivity index (χ4v) is 2.59. The quantitative estimate of drug-likeness (QED) is 0.671. The van der Waals surface area contributed by atoms with Gasteiger partial charge in [-0.05, 0) is 37.6 Å². The molecular weight excluding hydrogens is 282 g/mol. The second-order valence-electron chi connectivity index (χ2n) is 4.66. The Morgan fingerprint density at radius 2 is 1.90 bits per heavy atom. The molecule has 0 unspecified atom stereocenters. The van der Waals surface area contributed by atoms with E-state index in [-0.39, 0.29) is 0 Å². The maximum absolute atomic E-state index is 5.67. The summed E-state index contributed by atoms with van der Waals surface area (Å²) in [6, 6.07) is 14.0. The number of rotatable bonds is 5. The SMILES string of the molecule is Cc1ccc(-c2nnc(SCCc3ccccn3)o2)cc1. The smallest absolute Gasteiger partial charge is 0.276 e. The van der Waals surface area contributed by atoms with Gasteiger partial charge in [0.05, 0.1) is 0 Å². The molecule has 0 aliphatic carbocycles. The van der Waals surface area contributed by atoms with Crippen LogP contribution in [0.25, 0.3) is 11.5 Å². The summed E-state index contributed by atoms with van der Waals surface area (Å²) < 4.78 is 5.67. The van der Waals surface area contributed by atoms with Gasteiger partial charge in [0, 0.05) is 23.2 Å². The molecule has 5 heteroatoms. The number of thioether (sulfide) groups is 1. The van der Waals surface area contributed by atoms with E-state index < -0.39 is 0 Å². The third-order valence-electron chi connectivity index (χ3n) is 3.01. The number of nitrogens with zero attached hydrogens (tertiary/aromatic N) is 3. The average Bonchev–Trinajstić information content (AvgIpc) is 2.98. The number of hydrogen-bond donors (Lipinski definition) is 0. The van der Waals surface area contributed by atoms with Crippen LogP contribution in [0.4, 0.5) is 0 Å². The highest BCUT2D eigenvalue weighted by molar-refractivity contribution is 7.99. The van der Waals surface area contributed by atoms with E-state index >= 15 is 0 Å². The minimum atomic E-state index is 0.565. The highest BCUT2D eigenvalue weighted by Gasteiger charge is 2.08. The number of aromatic nitrogens is 3. The lowest BCUT2D eigenvalue weighted by Crippen LogP contribution is -1.91. The Labute approximate surface area is 127 Å². The molecule has 0 saturated carbocycles. The van der Waals surface area contributed by atoms with Crippen LogP contribution in [0.1, 0.15) is 11.3 Å². The Morgan fingerprint density at radius 3 is 2.67 bits per heavy atom. The molecule has 0 saturated heterocycles. The molecule has 3 aromatic rings. The van der Waals surface area contributed by atoms with Gasteiger partial charge in [-0.25, -0.2) is 0 Å². The normalized spacial score (nSPS) is 10.7. The molecule has 0 aliphatic heterocycles. The topological polar surface area (TPSA) is 51.8 Å². The van der Waals surface area contributed by atoms with Gasteiger partial charge in [-0.15, -0.1) is 10.2 Å². The van der Waals surface area contributed by atoms with Gasteiger partial charge in [0.15, 0.2) is 0 Å². The summed E-state index contributed by atoms with van der Waals surface area (Å²) in [6.07, 6.45) is 2.69. The van der Waals surface area contributed by atoms with Crippen molar-refractivity contribution < 1.29 is 4.42 Å². The van der Waals surface area contributed by atoms with Crippen molar-refractivity contribution in [1.82, 2.24) is 15.2 Å². The molecule has 0 spiro atoms. The minimum Gasteiger partial charge on any atom is -0.411 e. The van der Waals surface area contributed by atoms with Gasteiger partial charge in [-0.1, -0.05) is 35.5 Å². The van der Waals surface area contributed by atoms with Crippen LogP contribution < -0.4 is 0 Å². The molecule has 0 N–H and O–H groups in total. The fraction of sp³-hybridized carbons (Fsp3) is 0.188. The van der Waals surface area contributed by atoms with Crippen LogP contribution >= 0.6 is 11.8 Å². The van der Waals surface area contributed by atoms with Crippen molar-refractivity contribution in [2.24, 2.45) is 0 Å². The number of aryl methyl sites for hydroxylation is 2. The van der Waals surface area contributed by atoms with Crippen molar-refractivity contribution in [3.05, 3.63) is 59.9 Å². The van der Waals surface area contributed by atoms with E-state index in [1.165, 1.54) is 5.56 Å². The largest absolute Gasteiger partial charge is 0.411 e. The minimum absolute atomic E-state index is 0.565. The Kier molecular flexibility index (Phi) is 4.31. The average molecular weight is 297 g/mol. The van der Waals surface area contributed by atoms with Crippen LogP contribution in [0, 0.1) is 6.92 Å². The number of benzene rings is 1. The van der Waals surface area contributed by atoms with Crippen LogP contribution in [0.3, 0.4) is 0 Å². The molecule has 106 valence electrons. The summed E-state index contributed by atoms with van der Waals surface area (Å²) in [5, 5.41) is 8.76. The van der Waals surface area contributed by atoms with Crippen LogP contribution in [0.15, 0.2) is 58.3 Å². The summed E-state index contributed by atoms with van der Waals surface area (Å²) in [7, 11) is 0. The van der Waals surface area contributed by atoms with E-state index in [9.17, 15) is 0 Å². The molecule has 3 rings (SSSR count). The van der Waals surface area contributed by atoms with Crippen molar-refractivity contribution in [1.29, 1.82) is 0 Å². The lowest BCUT2D eigenvalue weighted by atomic mass is 10.1. The van der Waals surface area contributed by atoms with E-state index in [4.69, 9.17) is 4.42 Å². The van der Waals surface area contributed by atoms with Gasteiger partial charge in [0.1, 0.15) is 0 Å². The fourth-order valence-electron chi connectivity index (χ4n) is 1.87. The molecule has 0 amide bonds. The second kappa shape index (κ2) is 6.54. The first-order chi connectivity index (χ1) is 10.3. The molecule has 2 aromatic heterocycles. The predicted octanol–water partition coefficient (Wildman–Crippen LogP) is 3.77. The lowest BCUT2D eigenvalue weighted by molar-refractivity contribution is 0.466. The lowest BCUT2D eigenvalue weighted by Gasteiger charge is -1.97. The first-order valence-corrected chi connectivity index (χ1v) is 7.73. The van der Waals surface area contributed by atoms with E-state index in [1.54, 1.807) is 11.8 Å². The molecule has 0 bridgehead atoms. The van der Waals surface area contributed by atoms with E-state index in [2.05, 4.69) is 22.1 Å². The van der Waals surface area contributed by atoms with Crippen molar-refractivity contribution in [2.75, 3.05) is 5.75 Å². The van der Waals surface area contributed by atoms with E-state index in [1.807, 2.05) is 48.7 Å². The molecule has 0 radical (unpaired) electrons. The van der Waals surface area contributed by atoms with Crippen molar-refractivity contribution in [2.45, 2.75) is 18.6 Å². The molecule has 0 fully saturated rings. The zero-order valence-corrected chi connectivity index (χ0v) is 12.5. The third-order valence-corrected chi connectivity index (χ3v) is 3.84. The van der Waals surface area contributed by atoms with Gasteiger partial charge in [0.2, 0.25) is 5.89 Å². The summed E-state index contributed by atoms with van der Waals surface area (Å²) in [6.45, 7) is 2.05. The number of hydrogen-bond acceptors (Lipinski definition) is 5. The Balaban J connectivity index is 1.59. The van der Waals surface area contributed by atoms with E-state index in [0.29, 0.717) is 11.1 Å². The summed E-state index contributed by atoms with van der Waals surface area (Å²) in [5.41, 5.74) is 3.23. The van der Waals surface area contributed by atoms with Gasteiger partial charge in [0.25, 0.3) is 5.22 Å². The highest BCUT2D eigenvalue weighted by Crippen LogP contribution is 2.23. The third kappa shape index (κ3) is 3.70. The Morgan fingerprint density at radius 1 is 1.05 bits per heavy atom. The van der Waals surface area contributed by atoms with Gasteiger partial charge < -0.3 is 4.42 Å². The maximum Gasteiger partial charge on any atom is 0.276 e. The van der Waals surface area contributed by atoms with E-state index in [0.717, 1.165) is 23.4 Å². The van der Waals surface area contributed by atoms with Crippen molar-refractivity contribution in [3.63, 3.8) is 0 Å². The van der Waals surface area contributed by atoms with Crippen LogP contribution in [0.2, 0.25) is 0 Å².